The molecule has 3 aromatic rings. The maximum atomic E-state index is 12.6. The van der Waals surface area contributed by atoms with Crippen LogP contribution in [0.25, 0.3) is 0 Å². The van der Waals surface area contributed by atoms with E-state index >= 15 is 0 Å². The third-order valence-corrected chi connectivity index (χ3v) is 4.67. The maximum absolute atomic E-state index is 12.6. The molecule has 0 saturated heterocycles. The topological polar surface area (TPSA) is 67.4 Å². The molecule has 0 spiro atoms. The molecule has 148 valence electrons. The third kappa shape index (κ3) is 5.23. The second-order valence-electron chi connectivity index (χ2n) is 6.68. The highest BCUT2D eigenvalue weighted by molar-refractivity contribution is 5.99. The minimum Gasteiger partial charge on any atom is -0.496 e. The predicted molar refractivity (Wildman–Crippen MR) is 113 cm³/mol. The van der Waals surface area contributed by atoms with E-state index < -0.39 is 0 Å². The summed E-state index contributed by atoms with van der Waals surface area (Å²) in [7, 11) is 1.60. The van der Waals surface area contributed by atoms with E-state index in [1.807, 2.05) is 61.5 Å². The molecule has 0 heterocycles. The largest absolute Gasteiger partial charge is 0.496 e. The van der Waals surface area contributed by atoms with Crippen LogP contribution in [0.2, 0.25) is 0 Å². The van der Waals surface area contributed by atoms with E-state index in [1.54, 1.807) is 31.4 Å². The average molecular weight is 388 g/mol. The van der Waals surface area contributed by atoms with E-state index in [1.165, 1.54) is 0 Å². The third-order valence-electron chi connectivity index (χ3n) is 4.67. The Morgan fingerprint density at radius 2 is 1.52 bits per heavy atom. The van der Waals surface area contributed by atoms with E-state index in [4.69, 9.17) is 4.74 Å². The van der Waals surface area contributed by atoms with Crippen molar-refractivity contribution >= 4 is 11.8 Å². The summed E-state index contributed by atoms with van der Waals surface area (Å²) in [6.07, 6.45) is 0. The van der Waals surface area contributed by atoms with Crippen molar-refractivity contribution in [3.05, 3.63) is 101 Å². The van der Waals surface area contributed by atoms with Crippen molar-refractivity contribution in [3.8, 4) is 5.75 Å². The zero-order valence-corrected chi connectivity index (χ0v) is 16.5. The summed E-state index contributed by atoms with van der Waals surface area (Å²) in [5.74, 6) is 0.248. The Balaban J connectivity index is 1.65. The highest BCUT2D eigenvalue weighted by atomic mass is 16.5. The molecule has 0 radical (unpaired) electrons. The first-order valence-corrected chi connectivity index (χ1v) is 9.44. The molecule has 29 heavy (non-hydrogen) atoms. The summed E-state index contributed by atoms with van der Waals surface area (Å²) in [6, 6.07) is 23.8. The highest BCUT2D eigenvalue weighted by Gasteiger charge is 2.14. The van der Waals surface area contributed by atoms with E-state index in [0.717, 1.165) is 16.9 Å². The van der Waals surface area contributed by atoms with Gasteiger partial charge in [0.1, 0.15) is 5.75 Å². The SMILES string of the molecule is COc1ccccc1CNC(=O)c1cccc(C(=O)NC(C)c2ccccc2)c1. The van der Waals surface area contributed by atoms with Crippen molar-refractivity contribution in [2.45, 2.75) is 19.5 Å². The number of carbonyl (C=O) groups excluding carboxylic acids is 2. The molecule has 5 nitrogen and oxygen atoms in total. The van der Waals surface area contributed by atoms with Crippen LogP contribution >= 0.6 is 0 Å². The quantitative estimate of drug-likeness (QED) is 0.640. The molecule has 0 saturated carbocycles. The van der Waals surface area contributed by atoms with E-state index in [0.29, 0.717) is 17.7 Å². The molecule has 2 amide bonds. The van der Waals surface area contributed by atoms with Crippen LogP contribution in [0, 0.1) is 0 Å². The monoisotopic (exact) mass is 388 g/mol. The molecule has 1 unspecified atom stereocenters. The molecule has 1 atom stereocenters. The number of nitrogens with one attached hydrogen (secondary N) is 2. The maximum Gasteiger partial charge on any atom is 0.251 e. The lowest BCUT2D eigenvalue weighted by Crippen LogP contribution is -2.27. The molecule has 3 rings (SSSR count). The van der Waals surface area contributed by atoms with Gasteiger partial charge in [0.05, 0.1) is 13.2 Å². The Hall–Kier alpha value is -3.60. The molecule has 3 aromatic carbocycles. The standard InChI is InChI=1S/C24H24N2O3/c1-17(18-9-4-3-5-10-18)26-24(28)20-13-8-12-19(15-20)23(27)25-16-21-11-6-7-14-22(21)29-2/h3-15,17H,16H2,1-2H3,(H,25,27)(H,26,28). The first-order valence-electron chi connectivity index (χ1n) is 9.44. The van der Waals surface area contributed by atoms with Gasteiger partial charge in [-0.05, 0) is 36.8 Å². The van der Waals surface area contributed by atoms with Crippen LogP contribution in [0.15, 0.2) is 78.9 Å². The lowest BCUT2D eigenvalue weighted by Gasteiger charge is -2.15. The van der Waals surface area contributed by atoms with E-state index in [2.05, 4.69) is 10.6 Å². The Kier molecular flexibility index (Phi) is 6.63. The second-order valence-corrected chi connectivity index (χ2v) is 6.68. The number of rotatable bonds is 7. The van der Waals surface area contributed by atoms with Gasteiger partial charge in [-0.1, -0.05) is 54.6 Å². The number of benzene rings is 3. The Morgan fingerprint density at radius 3 is 2.24 bits per heavy atom. The Labute approximate surface area is 170 Å². The molecule has 0 aliphatic carbocycles. The van der Waals surface area contributed by atoms with Crippen molar-refractivity contribution in [1.82, 2.24) is 10.6 Å². The lowest BCUT2D eigenvalue weighted by atomic mass is 10.1. The van der Waals surface area contributed by atoms with Crippen molar-refractivity contribution in [1.29, 1.82) is 0 Å². The van der Waals surface area contributed by atoms with Crippen LogP contribution in [-0.2, 0) is 6.54 Å². The van der Waals surface area contributed by atoms with Crippen LogP contribution in [0.3, 0.4) is 0 Å². The first kappa shape index (κ1) is 20.1. The van der Waals surface area contributed by atoms with E-state index in [9.17, 15) is 9.59 Å². The van der Waals surface area contributed by atoms with Crippen molar-refractivity contribution in [2.24, 2.45) is 0 Å². The number of carbonyl (C=O) groups is 2. The van der Waals surface area contributed by atoms with Crippen LogP contribution in [0.5, 0.6) is 5.75 Å². The van der Waals surface area contributed by atoms with Crippen LogP contribution in [-0.4, -0.2) is 18.9 Å². The fraction of sp³-hybridized carbons (Fsp3) is 0.167. The number of hydrogen-bond donors (Lipinski definition) is 2. The minimum absolute atomic E-state index is 0.133. The lowest BCUT2D eigenvalue weighted by molar-refractivity contribution is 0.0940. The number of hydrogen-bond acceptors (Lipinski definition) is 3. The van der Waals surface area contributed by atoms with E-state index in [-0.39, 0.29) is 17.9 Å². The second kappa shape index (κ2) is 9.55. The van der Waals surface area contributed by atoms with Gasteiger partial charge in [-0.15, -0.1) is 0 Å². The van der Waals surface area contributed by atoms with Gasteiger partial charge < -0.3 is 15.4 Å². The normalized spacial score (nSPS) is 11.4. The number of ether oxygens (including phenoxy) is 1. The first-order chi connectivity index (χ1) is 14.1. The molecule has 0 aliphatic heterocycles. The number of methoxy groups -OCH3 is 1. The van der Waals surface area contributed by atoms with Gasteiger partial charge in [0.2, 0.25) is 0 Å². The van der Waals surface area contributed by atoms with Crippen LogP contribution in [0.4, 0.5) is 0 Å². The fourth-order valence-electron chi connectivity index (χ4n) is 3.03. The molecule has 0 aliphatic rings. The molecule has 5 heteroatoms. The predicted octanol–water partition coefficient (Wildman–Crippen LogP) is 4.12. The van der Waals surface area contributed by atoms with Gasteiger partial charge in [0.25, 0.3) is 11.8 Å². The average Bonchev–Trinajstić information content (AvgIpc) is 2.78. The molecule has 0 fully saturated rings. The molecule has 0 bridgehead atoms. The van der Waals surface area contributed by atoms with Crippen LogP contribution < -0.4 is 15.4 Å². The number of para-hydroxylation sites is 1. The summed E-state index contributed by atoms with van der Waals surface area (Å²) >= 11 is 0. The Bertz CT molecular complexity index is 986. The molecular formula is C24H24N2O3. The zero-order chi connectivity index (χ0) is 20.6. The summed E-state index contributed by atoms with van der Waals surface area (Å²) in [4.78, 5) is 25.2. The zero-order valence-electron chi connectivity index (χ0n) is 16.5. The van der Waals surface area contributed by atoms with Gasteiger partial charge in [-0.2, -0.15) is 0 Å². The van der Waals surface area contributed by atoms with Crippen molar-refractivity contribution < 1.29 is 14.3 Å². The molecule has 2 N–H and O–H groups in total. The van der Waals surface area contributed by atoms with Gasteiger partial charge in [0, 0.05) is 23.2 Å². The summed E-state index contributed by atoms with van der Waals surface area (Å²) < 4.78 is 5.30. The van der Waals surface area contributed by atoms with Gasteiger partial charge >= 0.3 is 0 Å². The summed E-state index contributed by atoms with van der Waals surface area (Å²) in [5, 5.41) is 5.84. The van der Waals surface area contributed by atoms with Gasteiger partial charge in [-0.25, -0.2) is 0 Å². The van der Waals surface area contributed by atoms with Crippen LogP contribution in [0.1, 0.15) is 44.8 Å². The van der Waals surface area contributed by atoms with Crippen molar-refractivity contribution in [3.63, 3.8) is 0 Å². The van der Waals surface area contributed by atoms with Crippen molar-refractivity contribution in [2.75, 3.05) is 7.11 Å². The fourth-order valence-corrected chi connectivity index (χ4v) is 3.03. The Morgan fingerprint density at radius 1 is 0.862 bits per heavy atom. The minimum atomic E-state index is -0.248. The van der Waals surface area contributed by atoms with Gasteiger partial charge in [0.15, 0.2) is 0 Å². The van der Waals surface area contributed by atoms with Gasteiger partial charge in [-0.3, -0.25) is 9.59 Å². The summed E-state index contributed by atoms with van der Waals surface area (Å²) in [5.41, 5.74) is 2.78. The number of amides is 2. The molecular weight excluding hydrogens is 364 g/mol. The summed E-state index contributed by atoms with van der Waals surface area (Å²) in [6.45, 7) is 2.27. The smallest absolute Gasteiger partial charge is 0.251 e. The molecule has 0 aromatic heterocycles. The highest BCUT2D eigenvalue weighted by Crippen LogP contribution is 2.17.